The first-order valence-corrected chi connectivity index (χ1v) is 17.0. The van der Waals surface area contributed by atoms with Crippen LogP contribution in [-0.4, -0.2) is 10.2 Å². The number of aromatic hydroxyl groups is 2. The zero-order chi connectivity index (χ0) is 34.7. The van der Waals surface area contributed by atoms with Gasteiger partial charge in [0.2, 0.25) is 0 Å². The molecule has 1 aliphatic heterocycles. The van der Waals surface area contributed by atoms with Gasteiger partial charge in [0.1, 0.15) is 11.5 Å². The summed E-state index contributed by atoms with van der Waals surface area (Å²) in [4.78, 5) is 0. The van der Waals surface area contributed by atoms with Crippen LogP contribution in [0.5, 0.6) is 11.5 Å². The van der Waals surface area contributed by atoms with E-state index in [-0.39, 0.29) is 21.7 Å². The molecule has 0 radical (unpaired) electrons. The second-order valence-electron chi connectivity index (χ2n) is 17.7. The molecule has 3 nitrogen and oxygen atoms in total. The lowest BCUT2D eigenvalue weighted by Gasteiger charge is -2.40. The summed E-state index contributed by atoms with van der Waals surface area (Å²) in [5.74, 6) is 0.642. The predicted molar refractivity (Wildman–Crippen MR) is 201 cm³/mol. The summed E-state index contributed by atoms with van der Waals surface area (Å²) in [5, 5.41) is 28.2. The first kappa shape index (κ1) is 34.4. The van der Waals surface area contributed by atoms with E-state index in [2.05, 4.69) is 167 Å². The minimum atomic E-state index is -0.764. The summed E-state index contributed by atoms with van der Waals surface area (Å²) in [6.45, 7) is 26.3. The molecule has 1 atom stereocenters. The van der Waals surface area contributed by atoms with Crippen LogP contribution in [0.2, 0.25) is 0 Å². The van der Waals surface area contributed by atoms with Gasteiger partial charge in [0.05, 0.1) is 11.2 Å². The second-order valence-corrected chi connectivity index (χ2v) is 17.7. The van der Waals surface area contributed by atoms with Gasteiger partial charge in [-0.1, -0.05) is 156 Å². The van der Waals surface area contributed by atoms with E-state index >= 15 is 0 Å². The average Bonchev–Trinajstić information content (AvgIpc) is 2.95. The SMILES string of the molecule is CC(C)(C)c1cc(-c2cccc3c2NC(Cc2ccccc2)(c2cc(C(C)(C)C)cc(C(C)(C)C)c2O)C=C3)c(O)c(C(C)(C)C)c1. The van der Waals surface area contributed by atoms with Gasteiger partial charge in [-0.15, -0.1) is 0 Å². The number of fused-ring (bicyclic) bond motifs is 1. The van der Waals surface area contributed by atoms with E-state index in [1.54, 1.807) is 0 Å². The lowest BCUT2D eigenvalue weighted by Crippen LogP contribution is -2.38. The molecule has 248 valence electrons. The largest absolute Gasteiger partial charge is 0.507 e. The van der Waals surface area contributed by atoms with Crippen LogP contribution < -0.4 is 5.32 Å². The minimum Gasteiger partial charge on any atom is -0.507 e. The van der Waals surface area contributed by atoms with Crippen molar-refractivity contribution < 1.29 is 10.2 Å². The summed E-state index contributed by atoms with van der Waals surface area (Å²) in [7, 11) is 0. The van der Waals surface area contributed by atoms with E-state index in [9.17, 15) is 10.2 Å². The predicted octanol–water partition coefficient (Wildman–Crippen LogP) is 11.5. The summed E-state index contributed by atoms with van der Waals surface area (Å²) in [5.41, 5.74) is 8.51. The molecule has 0 saturated heterocycles. The van der Waals surface area contributed by atoms with E-state index in [4.69, 9.17) is 0 Å². The molecule has 47 heavy (non-hydrogen) atoms. The molecule has 0 aliphatic carbocycles. The highest BCUT2D eigenvalue weighted by molar-refractivity contribution is 5.90. The number of hydrogen-bond acceptors (Lipinski definition) is 3. The Bertz CT molecular complexity index is 1820. The summed E-state index contributed by atoms with van der Waals surface area (Å²) < 4.78 is 0. The monoisotopic (exact) mass is 629 g/mol. The third-order valence-corrected chi connectivity index (χ3v) is 9.66. The van der Waals surface area contributed by atoms with Crippen molar-refractivity contribution in [3.63, 3.8) is 0 Å². The van der Waals surface area contributed by atoms with Crippen molar-refractivity contribution in [1.29, 1.82) is 0 Å². The number of hydrogen-bond donors (Lipinski definition) is 3. The van der Waals surface area contributed by atoms with Crippen molar-refractivity contribution >= 4 is 11.8 Å². The Morgan fingerprint density at radius 2 is 1.13 bits per heavy atom. The van der Waals surface area contributed by atoms with Crippen molar-refractivity contribution in [2.75, 3.05) is 5.32 Å². The van der Waals surface area contributed by atoms with E-state index in [0.29, 0.717) is 17.9 Å². The molecule has 0 amide bonds. The van der Waals surface area contributed by atoms with Gasteiger partial charge in [0.15, 0.2) is 0 Å². The lowest BCUT2D eigenvalue weighted by molar-refractivity contribution is 0.424. The summed E-state index contributed by atoms with van der Waals surface area (Å²) in [6.07, 6.45) is 5.05. The van der Waals surface area contributed by atoms with Gasteiger partial charge in [0, 0.05) is 28.7 Å². The molecule has 0 bridgehead atoms. The highest BCUT2D eigenvalue weighted by Gasteiger charge is 2.39. The Morgan fingerprint density at radius 1 is 0.574 bits per heavy atom. The fourth-order valence-corrected chi connectivity index (χ4v) is 6.67. The molecule has 0 spiro atoms. The molecule has 1 heterocycles. The highest BCUT2D eigenvalue weighted by atomic mass is 16.3. The van der Waals surface area contributed by atoms with Crippen molar-refractivity contribution in [2.24, 2.45) is 0 Å². The van der Waals surface area contributed by atoms with Crippen LogP contribution in [0.4, 0.5) is 5.69 Å². The maximum Gasteiger partial charge on any atom is 0.127 e. The van der Waals surface area contributed by atoms with Gasteiger partial charge in [-0.25, -0.2) is 0 Å². The van der Waals surface area contributed by atoms with Crippen molar-refractivity contribution in [1.82, 2.24) is 0 Å². The first-order valence-electron chi connectivity index (χ1n) is 17.0. The molecule has 1 unspecified atom stereocenters. The Hall–Kier alpha value is -3.98. The smallest absolute Gasteiger partial charge is 0.127 e. The van der Waals surface area contributed by atoms with E-state index in [0.717, 1.165) is 44.6 Å². The van der Waals surface area contributed by atoms with Crippen LogP contribution in [0, 0.1) is 0 Å². The molecule has 3 heteroatoms. The van der Waals surface area contributed by atoms with E-state index < -0.39 is 5.54 Å². The molecular weight excluding hydrogens is 574 g/mol. The van der Waals surface area contributed by atoms with Crippen LogP contribution in [0.15, 0.2) is 78.9 Å². The number of phenolic OH excluding ortho intramolecular Hbond substituents is 2. The zero-order valence-corrected chi connectivity index (χ0v) is 30.7. The second kappa shape index (κ2) is 11.6. The zero-order valence-electron chi connectivity index (χ0n) is 30.7. The van der Waals surface area contributed by atoms with Crippen LogP contribution in [0.3, 0.4) is 0 Å². The Labute approximate surface area is 283 Å². The molecule has 0 aromatic heterocycles. The van der Waals surface area contributed by atoms with Crippen molar-refractivity contribution in [2.45, 2.75) is 117 Å². The summed E-state index contributed by atoms with van der Waals surface area (Å²) >= 11 is 0. The molecule has 1 aliphatic rings. The average molecular weight is 630 g/mol. The number of rotatable bonds is 4. The van der Waals surface area contributed by atoms with Crippen LogP contribution in [0.25, 0.3) is 17.2 Å². The fourth-order valence-electron chi connectivity index (χ4n) is 6.67. The van der Waals surface area contributed by atoms with Gasteiger partial charge in [0.25, 0.3) is 0 Å². The van der Waals surface area contributed by atoms with E-state index in [1.165, 1.54) is 11.1 Å². The maximum absolute atomic E-state index is 12.2. The molecule has 3 N–H and O–H groups in total. The fraction of sp³-hybridized carbons (Fsp3) is 0.409. The molecule has 0 fully saturated rings. The van der Waals surface area contributed by atoms with Gasteiger partial charge >= 0.3 is 0 Å². The molecule has 4 aromatic carbocycles. The third kappa shape index (κ3) is 6.73. The van der Waals surface area contributed by atoms with Crippen molar-refractivity contribution in [3.8, 4) is 22.6 Å². The van der Waals surface area contributed by atoms with Crippen molar-refractivity contribution in [3.05, 3.63) is 118 Å². The molecule has 4 aromatic rings. The van der Waals surface area contributed by atoms with Gasteiger partial charge in [-0.2, -0.15) is 0 Å². The number of para-hydroxylation sites is 1. The van der Waals surface area contributed by atoms with Crippen LogP contribution in [0.1, 0.15) is 122 Å². The lowest BCUT2D eigenvalue weighted by atomic mass is 9.73. The highest BCUT2D eigenvalue weighted by Crippen LogP contribution is 2.50. The van der Waals surface area contributed by atoms with Crippen LogP contribution in [-0.2, 0) is 33.6 Å². The first-order chi connectivity index (χ1) is 21.6. The topological polar surface area (TPSA) is 52.5 Å². The Kier molecular flexibility index (Phi) is 8.49. The number of benzene rings is 4. The van der Waals surface area contributed by atoms with Gasteiger partial charge in [-0.05, 0) is 61.6 Å². The number of phenols is 2. The molecule has 0 saturated carbocycles. The molecular formula is C44H55NO2. The van der Waals surface area contributed by atoms with Crippen LogP contribution >= 0.6 is 0 Å². The molecule has 5 rings (SSSR count). The maximum atomic E-state index is 12.2. The minimum absolute atomic E-state index is 0.107. The number of anilines is 1. The normalized spacial score (nSPS) is 16.9. The quantitative estimate of drug-likeness (QED) is 0.210. The number of nitrogens with one attached hydrogen (secondary N) is 1. The Morgan fingerprint density at radius 3 is 1.68 bits per heavy atom. The van der Waals surface area contributed by atoms with Gasteiger partial charge in [-0.3, -0.25) is 0 Å². The standard InChI is InChI=1S/C44H55NO2/c1-40(2,3)30-23-33(38(46)34(24-30)42(7,8)9)32-20-16-19-29-21-22-44(45-37(29)32,27-28-17-14-13-15-18-28)36-26-31(41(4,5)6)25-35(39(36)47)43(10,11)12/h13-26,45-47H,27H2,1-12H3. The third-order valence-electron chi connectivity index (χ3n) is 9.66. The van der Waals surface area contributed by atoms with Gasteiger partial charge < -0.3 is 15.5 Å². The summed E-state index contributed by atoms with van der Waals surface area (Å²) in [6, 6.07) is 25.5. The van der Waals surface area contributed by atoms with E-state index in [1.807, 2.05) is 6.07 Å². The Balaban J connectivity index is 1.83.